The summed E-state index contributed by atoms with van der Waals surface area (Å²) in [6, 6.07) is 15.6. The lowest BCUT2D eigenvalue weighted by Gasteiger charge is -2.08. The van der Waals surface area contributed by atoms with Crippen LogP contribution in [0.15, 0.2) is 71.7 Å². The molecule has 1 aliphatic heterocycles. The summed E-state index contributed by atoms with van der Waals surface area (Å²) in [4.78, 5) is 4.78. The number of allylic oxidation sites excluding steroid dienone is 1. The van der Waals surface area contributed by atoms with Crippen molar-refractivity contribution in [3.8, 4) is 27.8 Å². The van der Waals surface area contributed by atoms with Gasteiger partial charge < -0.3 is 14.2 Å². The van der Waals surface area contributed by atoms with E-state index in [1.165, 1.54) is 0 Å². The fraction of sp³-hybridized carbons (Fsp3) is 0.174. The molecule has 0 radical (unpaired) electrons. The largest absolute Gasteiger partial charge is 0.486 e. The molecule has 32 heavy (non-hydrogen) atoms. The minimum absolute atomic E-state index is 0.266. The van der Waals surface area contributed by atoms with Crippen molar-refractivity contribution in [2.75, 3.05) is 6.79 Å². The van der Waals surface area contributed by atoms with Crippen LogP contribution in [0.2, 0.25) is 0 Å². The third-order valence-electron chi connectivity index (χ3n) is 4.74. The molecule has 4 aromatic rings. The third-order valence-corrected chi connectivity index (χ3v) is 6.68. The highest BCUT2D eigenvalue weighted by molar-refractivity contribution is 7.98. The number of hydrogen-bond acceptors (Lipinski definition) is 8. The average molecular weight is 465 g/mol. The Balaban J connectivity index is 1.25. The third kappa shape index (κ3) is 4.49. The van der Waals surface area contributed by atoms with Crippen LogP contribution in [0.3, 0.4) is 0 Å². The molecule has 0 spiro atoms. The van der Waals surface area contributed by atoms with Gasteiger partial charge in [0.25, 0.3) is 0 Å². The molecule has 0 atom stereocenters. The molecule has 7 nitrogen and oxygen atoms in total. The van der Waals surface area contributed by atoms with E-state index in [1.54, 1.807) is 23.1 Å². The predicted molar refractivity (Wildman–Crippen MR) is 124 cm³/mol. The molecule has 5 rings (SSSR count). The van der Waals surface area contributed by atoms with E-state index in [-0.39, 0.29) is 6.79 Å². The van der Waals surface area contributed by atoms with Crippen molar-refractivity contribution in [1.29, 1.82) is 0 Å². The van der Waals surface area contributed by atoms with Crippen molar-refractivity contribution in [2.24, 2.45) is 0 Å². The molecule has 162 valence electrons. The molecule has 1 aliphatic rings. The summed E-state index contributed by atoms with van der Waals surface area (Å²) < 4.78 is 18.7. The van der Waals surface area contributed by atoms with Gasteiger partial charge in [0.2, 0.25) is 6.79 Å². The number of para-hydroxylation sites is 1. The van der Waals surface area contributed by atoms with E-state index in [9.17, 15) is 0 Å². The van der Waals surface area contributed by atoms with Crippen LogP contribution in [0.4, 0.5) is 0 Å². The van der Waals surface area contributed by atoms with E-state index in [1.807, 2.05) is 59.2 Å². The van der Waals surface area contributed by atoms with E-state index in [4.69, 9.17) is 19.2 Å². The van der Waals surface area contributed by atoms with Crippen LogP contribution in [0, 0.1) is 0 Å². The number of benzene rings is 2. The highest BCUT2D eigenvalue weighted by Crippen LogP contribution is 2.37. The maximum atomic E-state index is 5.84. The Labute approximate surface area is 193 Å². The zero-order chi connectivity index (χ0) is 21.8. The lowest BCUT2D eigenvalue weighted by atomic mass is 10.2. The van der Waals surface area contributed by atoms with Gasteiger partial charge in [0.15, 0.2) is 22.5 Å². The van der Waals surface area contributed by atoms with Crippen LogP contribution >= 0.6 is 23.1 Å². The Hall–Kier alpha value is -3.30. The minimum atomic E-state index is 0.266. The summed E-state index contributed by atoms with van der Waals surface area (Å²) in [6.45, 7) is 5.08. The summed E-state index contributed by atoms with van der Waals surface area (Å²) in [5.74, 6) is 3.78. The number of fused-ring (bicyclic) bond motifs is 1. The molecule has 0 saturated carbocycles. The maximum absolute atomic E-state index is 5.84. The van der Waals surface area contributed by atoms with Gasteiger partial charge in [-0.3, -0.25) is 4.57 Å². The summed E-state index contributed by atoms with van der Waals surface area (Å²) in [5.41, 5.74) is 2.01. The number of thiazole rings is 1. The Morgan fingerprint density at radius 2 is 2.00 bits per heavy atom. The number of aromatic nitrogens is 4. The number of ether oxygens (including phenoxy) is 3. The molecule has 0 amide bonds. The van der Waals surface area contributed by atoms with Gasteiger partial charge >= 0.3 is 0 Å². The van der Waals surface area contributed by atoms with Crippen LogP contribution in [0.1, 0.15) is 11.5 Å². The lowest BCUT2D eigenvalue weighted by Crippen LogP contribution is -2.07. The highest BCUT2D eigenvalue weighted by Gasteiger charge is 2.16. The molecule has 0 fully saturated rings. The van der Waals surface area contributed by atoms with Gasteiger partial charge in [-0.1, -0.05) is 36.0 Å². The first kappa shape index (κ1) is 20.6. The normalized spacial score (nSPS) is 12.1. The second kappa shape index (κ2) is 9.46. The molecule has 2 aromatic carbocycles. The van der Waals surface area contributed by atoms with Crippen LogP contribution in [0.5, 0.6) is 17.2 Å². The van der Waals surface area contributed by atoms with E-state index in [0.29, 0.717) is 18.9 Å². The van der Waals surface area contributed by atoms with Crippen molar-refractivity contribution < 1.29 is 14.2 Å². The average Bonchev–Trinajstić information content (AvgIpc) is 3.57. The van der Waals surface area contributed by atoms with Gasteiger partial charge in [-0.25, -0.2) is 4.98 Å². The van der Waals surface area contributed by atoms with Gasteiger partial charge in [0, 0.05) is 23.2 Å². The summed E-state index contributed by atoms with van der Waals surface area (Å²) in [5, 5.41) is 12.5. The van der Waals surface area contributed by atoms with Crippen molar-refractivity contribution in [3.05, 3.63) is 78.1 Å². The Morgan fingerprint density at radius 3 is 2.88 bits per heavy atom. The molecule has 0 aliphatic carbocycles. The number of thioether (sulfide) groups is 1. The number of hydrogen-bond donors (Lipinski definition) is 0. The lowest BCUT2D eigenvalue weighted by molar-refractivity contribution is 0.174. The quantitative estimate of drug-likeness (QED) is 0.249. The summed E-state index contributed by atoms with van der Waals surface area (Å²) in [7, 11) is 0. The molecule has 0 bridgehead atoms. The fourth-order valence-electron chi connectivity index (χ4n) is 3.18. The second-order valence-corrected chi connectivity index (χ2v) is 8.70. The number of nitrogens with zero attached hydrogens (tertiary/aromatic N) is 4. The van der Waals surface area contributed by atoms with Crippen molar-refractivity contribution >= 4 is 23.1 Å². The van der Waals surface area contributed by atoms with E-state index in [2.05, 4.69) is 22.2 Å². The Bertz CT molecular complexity index is 1220. The van der Waals surface area contributed by atoms with Crippen molar-refractivity contribution in [2.45, 2.75) is 24.1 Å². The van der Waals surface area contributed by atoms with Gasteiger partial charge in [-0.2, -0.15) is 0 Å². The molecule has 9 heteroatoms. The molecule has 0 unspecified atom stereocenters. The molecular formula is C23H20N4O3S2. The predicted octanol–water partition coefficient (Wildman–Crippen LogP) is 5.19. The van der Waals surface area contributed by atoms with Crippen LogP contribution in [-0.2, 0) is 18.9 Å². The molecule has 0 saturated heterocycles. The zero-order valence-electron chi connectivity index (χ0n) is 17.1. The van der Waals surface area contributed by atoms with Crippen molar-refractivity contribution in [1.82, 2.24) is 19.7 Å². The first-order chi connectivity index (χ1) is 15.8. The second-order valence-electron chi connectivity index (χ2n) is 6.90. The minimum Gasteiger partial charge on any atom is -0.486 e. The monoisotopic (exact) mass is 464 g/mol. The number of rotatable bonds is 9. The molecule has 0 N–H and O–H groups in total. The van der Waals surface area contributed by atoms with E-state index < -0.39 is 0 Å². The van der Waals surface area contributed by atoms with Crippen molar-refractivity contribution in [3.63, 3.8) is 0 Å². The zero-order valence-corrected chi connectivity index (χ0v) is 18.8. The molecule has 3 heterocycles. The maximum Gasteiger partial charge on any atom is 0.231 e. The van der Waals surface area contributed by atoms with Gasteiger partial charge in [0.1, 0.15) is 17.4 Å². The van der Waals surface area contributed by atoms with Gasteiger partial charge in [-0.05, 0) is 30.3 Å². The first-order valence-electron chi connectivity index (χ1n) is 9.98. The van der Waals surface area contributed by atoms with Crippen LogP contribution < -0.4 is 14.2 Å². The Kier molecular flexibility index (Phi) is 6.09. The van der Waals surface area contributed by atoms with E-state index >= 15 is 0 Å². The summed E-state index contributed by atoms with van der Waals surface area (Å²) in [6.07, 6.45) is 1.83. The fourth-order valence-corrected chi connectivity index (χ4v) is 4.96. The van der Waals surface area contributed by atoms with Gasteiger partial charge in [-0.15, -0.1) is 28.1 Å². The smallest absolute Gasteiger partial charge is 0.231 e. The molecule has 2 aromatic heterocycles. The SMILES string of the molecule is C=CCn1c(COc2ccccc2)nnc1SCc1csc(-c2ccc3c(c2)OCO3)n1. The first-order valence-corrected chi connectivity index (χ1v) is 11.8. The van der Waals surface area contributed by atoms with Crippen LogP contribution in [-0.4, -0.2) is 26.5 Å². The van der Waals surface area contributed by atoms with E-state index in [0.717, 1.165) is 44.5 Å². The van der Waals surface area contributed by atoms with Crippen LogP contribution in [0.25, 0.3) is 10.6 Å². The molecular weight excluding hydrogens is 444 g/mol. The Morgan fingerprint density at radius 1 is 1.12 bits per heavy atom. The van der Waals surface area contributed by atoms with Gasteiger partial charge in [0.05, 0.1) is 5.69 Å². The summed E-state index contributed by atoms with van der Waals surface area (Å²) >= 11 is 3.21. The standard InChI is InChI=1S/C23H20N4O3S2/c1-2-10-27-21(12-28-18-6-4-3-5-7-18)25-26-23(27)32-14-17-13-31-22(24-17)16-8-9-19-20(11-16)30-15-29-19/h2-9,11,13H,1,10,12,14-15H2. The topological polar surface area (TPSA) is 71.3 Å². The highest BCUT2D eigenvalue weighted by atomic mass is 32.2.